The zero-order valence-electron chi connectivity index (χ0n) is 9.82. The normalized spacial score (nSPS) is 25.9. The molecule has 0 spiro atoms. The van der Waals surface area contributed by atoms with Gasteiger partial charge in [-0.15, -0.1) is 0 Å². The lowest BCUT2D eigenvalue weighted by molar-refractivity contribution is -0.000223. The van der Waals surface area contributed by atoms with E-state index in [0.29, 0.717) is 18.3 Å². The van der Waals surface area contributed by atoms with Crippen molar-refractivity contribution in [2.24, 2.45) is 0 Å². The van der Waals surface area contributed by atoms with Crippen LogP contribution >= 0.6 is 0 Å². The van der Waals surface area contributed by atoms with Gasteiger partial charge in [0.05, 0.1) is 18.3 Å². The van der Waals surface area contributed by atoms with Gasteiger partial charge >= 0.3 is 0 Å². The van der Waals surface area contributed by atoms with Gasteiger partial charge < -0.3 is 9.47 Å². The molecule has 1 fully saturated rings. The van der Waals surface area contributed by atoms with Gasteiger partial charge in [0.25, 0.3) is 0 Å². The molecule has 1 heterocycles. The monoisotopic (exact) mass is 201 g/mol. The minimum atomic E-state index is 0.325. The Labute approximate surface area is 87.4 Å². The maximum Gasteiger partial charge on any atom is 0.0710 e. The molecule has 0 radical (unpaired) electrons. The van der Waals surface area contributed by atoms with E-state index in [1.165, 1.54) is 0 Å². The van der Waals surface area contributed by atoms with Gasteiger partial charge in [0.2, 0.25) is 0 Å². The number of ether oxygens (including phenoxy) is 2. The topological polar surface area (TPSA) is 21.7 Å². The molecule has 0 bridgehead atoms. The largest absolute Gasteiger partial charge is 0.380 e. The molecule has 2 unspecified atom stereocenters. The number of nitrogens with zero attached hydrogens (tertiary/aromatic N) is 1. The van der Waals surface area contributed by atoms with Gasteiger partial charge in [0.1, 0.15) is 0 Å². The Morgan fingerprint density at radius 3 is 2.57 bits per heavy atom. The number of hydrogen-bond acceptors (Lipinski definition) is 3. The average Bonchev–Trinajstić information content (AvgIpc) is 2.50. The fourth-order valence-electron chi connectivity index (χ4n) is 2.03. The molecule has 0 N–H and O–H groups in total. The van der Waals surface area contributed by atoms with Crippen LogP contribution in [0.15, 0.2) is 0 Å². The number of hydrogen-bond donors (Lipinski definition) is 0. The Bertz CT molecular complexity index is 161. The molecule has 14 heavy (non-hydrogen) atoms. The molecule has 3 heteroatoms. The predicted molar refractivity (Wildman–Crippen MR) is 57.5 cm³/mol. The molecule has 0 aliphatic carbocycles. The fourth-order valence-corrected chi connectivity index (χ4v) is 2.03. The quantitative estimate of drug-likeness (QED) is 0.673. The van der Waals surface area contributed by atoms with Crippen molar-refractivity contribution in [3.8, 4) is 0 Å². The third-order valence-corrected chi connectivity index (χ3v) is 2.58. The Morgan fingerprint density at radius 2 is 2.07 bits per heavy atom. The molecule has 0 aromatic rings. The Kier molecular flexibility index (Phi) is 4.85. The third-order valence-electron chi connectivity index (χ3n) is 2.58. The lowest BCUT2D eigenvalue weighted by Gasteiger charge is -2.22. The standard InChI is InChI=1S/C11H23NO2/c1-9(2)14-10(3)7-12-6-5-11(8-12)13-4/h9-11H,5-8H2,1-4H3. The predicted octanol–water partition coefficient (Wildman–Crippen LogP) is 1.52. The third kappa shape index (κ3) is 3.95. The summed E-state index contributed by atoms with van der Waals surface area (Å²) in [7, 11) is 1.79. The van der Waals surface area contributed by atoms with Crippen LogP contribution in [-0.4, -0.2) is 50.0 Å². The minimum Gasteiger partial charge on any atom is -0.380 e. The minimum absolute atomic E-state index is 0.325. The van der Waals surface area contributed by atoms with Crippen LogP contribution in [0.4, 0.5) is 0 Å². The summed E-state index contributed by atoms with van der Waals surface area (Å²) in [6.45, 7) is 9.53. The van der Waals surface area contributed by atoms with Crippen LogP contribution in [0.5, 0.6) is 0 Å². The van der Waals surface area contributed by atoms with Crippen LogP contribution in [0.3, 0.4) is 0 Å². The summed E-state index contributed by atoms with van der Waals surface area (Å²) in [4.78, 5) is 2.42. The first-order valence-electron chi connectivity index (χ1n) is 5.52. The van der Waals surface area contributed by atoms with Gasteiger partial charge in [0, 0.05) is 26.7 Å². The molecule has 3 nitrogen and oxygen atoms in total. The highest BCUT2D eigenvalue weighted by Crippen LogP contribution is 2.13. The van der Waals surface area contributed by atoms with Crippen LogP contribution in [0, 0.1) is 0 Å². The molecule has 0 aromatic heterocycles. The molecule has 2 atom stereocenters. The zero-order valence-corrected chi connectivity index (χ0v) is 9.82. The van der Waals surface area contributed by atoms with E-state index in [0.717, 1.165) is 26.1 Å². The van der Waals surface area contributed by atoms with E-state index >= 15 is 0 Å². The van der Waals surface area contributed by atoms with Crippen molar-refractivity contribution in [3.63, 3.8) is 0 Å². The van der Waals surface area contributed by atoms with Gasteiger partial charge in [-0.3, -0.25) is 4.90 Å². The molecule has 1 saturated heterocycles. The van der Waals surface area contributed by atoms with E-state index in [1.54, 1.807) is 7.11 Å². The second kappa shape index (κ2) is 5.69. The molecule has 1 aliphatic heterocycles. The van der Waals surface area contributed by atoms with E-state index < -0.39 is 0 Å². The lowest BCUT2D eigenvalue weighted by atomic mass is 10.3. The van der Waals surface area contributed by atoms with Crippen molar-refractivity contribution in [1.29, 1.82) is 0 Å². The molecule has 1 aliphatic rings. The fraction of sp³-hybridized carbons (Fsp3) is 1.00. The summed E-state index contributed by atoms with van der Waals surface area (Å²) in [6.07, 6.45) is 2.24. The van der Waals surface area contributed by atoms with Gasteiger partial charge in [-0.25, -0.2) is 0 Å². The van der Waals surface area contributed by atoms with Gasteiger partial charge in [-0.05, 0) is 27.2 Å². The molecule has 0 amide bonds. The van der Waals surface area contributed by atoms with E-state index in [4.69, 9.17) is 9.47 Å². The second-order valence-corrected chi connectivity index (χ2v) is 4.40. The SMILES string of the molecule is COC1CCN(CC(C)OC(C)C)C1. The molecular formula is C11H23NO2. The first kappa shape index (κ1) is 12.0. The lowest BCUT2D eigenvalue weighted by Crippen LogP contribution is -2.32. The number of rotatable bonds is 5. The van der Waals surface area contributed by atoms with Crippen molar-refractivity contribution < 1.29 is 9.47 Å². The highest BCUT2D eigenvalue weighted by molar-refractivity contribution is 4.77. The Morgan fingerprint density at radius 1 is 1.36 bits per heavy atom. The smallest absolute Gasteiger partial charge is 0.0710 e. The van der Waals surface area contributed by atoms with Crippen LogP contribution in [0.2, 0.25) is 0 Å². The van der Waals surface area contributed by atoms with E-state index in [2.05, 4.69) is 25.7 Å². The van der Waals surface area contributed by atoms with Crippen LogP contribution in [0.25, 0.3) is 0 Å². The first-order valence-corrected chi connectivity index (χ1v) is 5.52. The van der Waals surface area contributed by atoms with Crippen LogP contribution < -0.4 is 0 Å². The highest BCUT2D eigenvalue weighted by atomic mass is 16.5. The maximum absolute atomic E-state index is 5.70. The number of methoxy groups -OCH3 is 1. The van der Waals surface area contributed by atoms with E-state index in [9.17, 15) is 0 Å². The van der Waals surface area contributed by atoms with Crippen LogP contribution in [-0.2, 0) is 9.47 Å². The summed E-state index contributed by atoms with van der Waals surface area (Å²) in [5.41, 5.74) is 0. The summed E-state index contributed by atoms with van der Waals surface area (Å²) >= 11 is 0. The van der Waals surface area contributed by atoms with Gasteiger partial charge in [0.15, 0.2) is 0 Å². The van der Waals surface area contributed by atoms with Crippen molar-refractivity contribution in [1.82, 2.24) is 4.90 Å². The molecule has 1 rings (SSSR count). The van der Waals surface area contributed by atoms with E-state index in [-0.39, 0.29) is 0 Å². The molecular weight excluding hydrogens is 178 g/mol. The Hall–Kier alpha value is -0.120. The van der Waals surface area contributed by atoms with Crippen molar-refractivity contribution in [2.45, 2.75) is 45.5 Å². The summed E-state index contributed by atoms with van der Waals surface area (Å²) in [5.74, 6) is 0. The van der Waals surface area contributed by atoms with Crippen molar-refractivity contribution >= 4 is 0 Å². The van der Waals surface area contributed by atoms with E-state index in [1.807, 2.05) is 0 Å². The molecule has 0 saturated carbocycles. The average molecular weight is 201 g/mol. The first-order chi connectivity index (χ1) is 6.61. The molecule has 84 valence electrons. The molecule has 0 aromatic carbocycles. The van der Waals surface area contributed by atoms with Crippen molar-refractivity contribution in [2.75, 3.05) is 26.7 Å². The Balaban J connectivity index is 2.18. The summed E-state index contributed by atoms with van der Waals surface area (Å²) in [6, 6.07) is 0. The maximum atomic E-state index is 5.70. The summed E-state index contributed by atoms with van der Waals surface area (Å²) in [5, 5.41) is 0. The highest BCUT2D eigenvalue weighted by Gasteiger charge is 2.23. The van der Waals surface area contributed by atoms with Crippen molar-refractivity contribution in [3.05, 3.63) is 0 Å². The van der Waals surface area contributed by atoms with Crippen LogP contribution in [0.1, 0.15) is 27.2 Å². The zero-order chi connectivity index (χ0) is 10.6. The van der Waals surface area contributed by atoms with Gasteiger partial charge in [-0.1, -0.05) is 0 Å². The number of likely N-dealkylation sites (tertiary alicyclic amines) is 1. The second-order valence-electron chi connectivity index (χ2n) is 4.40. The summed E-state index contributed by atoms with van der Waals surface area (Å²) < 4.78 is 11.0. The van der Waals surface area contributed by atoms with Gasteiger partial charge in [-0.2, -0.15) is 0 Å².